The third-order valence-corrected chi connectivity index (χ3v) is 4.26. The summed E-state index contributed by atoms with van der Waals surface area (Å²) in [5.74, 6) is 0.183. The summed E-state index contributed by atoms with van der Waals surface area (Å²) in [5, 5.41) is 0. The van der Waals surface area contributed by atoms with E-state index in [-0.39, 0.29) is 5.91 Å². The molecule has 0 bridgehead atoms. The molecule has 0 heterocycles. The molecule has 0 aliphatic rings. The maximum absolute atomic E-state index is 12.7. The van der Waals surface area contributed by atoms with Crippen molar-refractivity contribution in [3.63, 3.8) is 0 Å². The third kappa shape index (κ3) is 5.20. The maximum Gasteiger partial charge on any atom is 0.228 e. The third-order valence-electron chi connectivity index (χ3n) is 4.26. The first kappa shape index (κ1) is 18.2. The highest BCUT2D eigenvalue weighted by Gasteiger charge is 2.17. The van der Waals surface area contributed by atoms with Crippen molar-refractivity contribution in [2.75, 3.05) is 18.0 Å². The molecule has 0 unspecified atom stereocenters. The van der Waals surface area contributed by atoms with Gasteiger partial charge in [0.15, 0.2) is 0 Å². The molecule has 0 saturated carbocycles. The number of benzene rings is 2. The van der Waals surface area contributed by atoms with Crippen LogP contribution in [0.5, 0.6) is 0 Å². The van der Waals surface area contributed by atoms with Crippen LogP contribution in [0, 0.1) is 0 Å². The zero-order valence-electron chi connectivity index (χ0n) is 15.0. The lowest BCUT2D eigenvalue weighted by Crippen LogP contribution is -2.37. The first-order chi connectivity index (χ1) is 11.6. The Hall–Kier alpha value is -2.13. The van der Waals surface area contributed by atoms with E-state index in [0.717, 1.165) is 18.8 Å². The first-order valence-electron chi connectivity index (χ1n) is 8.75. The molecule has 0 aliphatic carbocycles. The van der Waals surface area contributed by atoms with E-state index in [4.69, 9.17) is 0 Å². The Kier molecular flexibility index (Phi) is 7.01. The van der Waals surface area contributed by atoms with Gasteiger partial charge in [0.1, 0.15) is 0 Å². The second-order valence-corrected chi connectivity index (χ2v) is 6.27. The second-order valence-electron chi connectivity index (χ2n) is 6.27. The monoisotopic (exact) mass is 324 g/mol. The summed E-state index contributed by atoms with van der Waals surface area (Å²) in [5.41, 5.74) is 2.26. The van der Waals surface area contributed by atoms with Crippen molar-refractivity contribution in [3.8, 4) is 0 Å². The van der Waals surface area contributed by atoms with Gasteiger partial charge in [-0.05, 0) is 38.5 Å². The van der Waals surface area contributed by atoms with Gasteiger partial charge in [-0.2, -0.15) is 0 Å². The summed E-state index contributed by atoms with van der Waals surface area (Å²) in [7, 11) is 0. The van der Waals surface area contributed by atoms with Gasteiger partial charge < -0.3 is 4.90 Å². The fourth-order valence-corrected chi connectivity index (χ4v) is 2.82. The number of nitrogens with zero attached hydrogens (tertiary/aromatic N) is 2. The van der Waals surface area contributed by atoms with Gasteiger partial charge in [-0.1, -0.05) is 48.5 Å². The van der Waals surface area contributed by atoms with Gasteiger partial charge in [0, 0.05) is 37.8 Å². The summed E-state index contributed by atoms with van der Waals surface area (Å²) in [6.45, 7) is 8.74. The molecule has 1 amide bonds. The Morgan fingerprint density at radius 3 is 2.08 bits per heavy atom. The van der Waals surface area contributed by atoms with Crippen molar-refractivity contribution in [1.29, 1.82) is 0 Å². The number of rotatable bonds is 8. The van der Waals surface area contributed by atoms with Crippen LogP contribution in [0.4, 0.5) is 5.69 Å². The molecule has 2 rings (SSSR count). The molecule has 0 atom stereocenters. The molecule has 2 aromatic carbocycles. The fourth-order valence-electron chi connectivity index (χ4n) is 2.82. The molecule has 128 valence electrons. The smallest absolute Gasteiger partial charge is 0.228 e. The normalized spacial score (nSPS) is 11.0. The maximum atomic E-state index is 12.7. The van der Waals surface area contributed by atoms with E-state index in [2.05, 4.69) is 43.0 Å². The second kappa shape index (κ2) is 9.24. The number of para-hydroxylation sites is 1. The molecule has 3 nitrogen and oxygen atoms in total. The predicted octanol–water partition coefficient (Wildman–Crippen LogP) is 4.34. The van der Waals surface area contributed by atoms with Crippen LogP contribution in [0.1, 0.15) is 32.8 Å². The van der Waals surface area contributed by atoms with E-state index in [1.807, 2.05) is 48.2 Å². The van der Waals surface area contributed by atoms with Gasteiger partial charge in [-0.15, -0.1) is 0 Å². The summed E-state index contributed by atoms with van der Waals surface area (Å²) < 4.78 is 0. The Labute approximate surface area is 145 Å². The lowest BCUT2D eigenvalue weighted by atomic mass is 10.1. The molecule has 0 saturated heterocycles. The molecule has 24 heavy (non-hydrogen) atoms. The van der Waals surface area contributed by atoms with E-state index in [1.165, 1.54) is 5.56 Å². The summed E-state index contributed by atoms with van der Waals surface area (Å²) >= 11 is 0. The Balaban J connectivity index is 1.96. The van der Waals surface area contributed by atoms with Gasteiger partial charge in [-0.25, -0.2) is 0 Å². The average molecular weight is 324 g/mol. The van der Waals surface area contributed by atoms with E-state index in [0.29, 0.717) is 19.0 Å². The largest absolute Gasteiger partial charge is 0.313 e. The van der Waals surface area contributed by atoms with E-state index >= 15 is 0 Å². The van der Waals surface area contributed by atoms with E-state index in [1.54, 1.807) is 0 Å². The lowest BCUT2D eigenvalue weighted by molar-refractivity contribution is -0.119. The minimum atomic E-state index is 0.183. The quantitative estimate of drug-likeness (QED) is 0.721. The fraction of sp³-hybridized carbons (Fsp3) is 0.381. The molecule has 0 aliphatic heterocycles. The Morgan fingerprint density at radius 2 is 1.54 bits per heavy atom. The van der Waals surface area contributed by atoms with Crippen molar-refractivity contribution >= 4 is 11.6 Å². The predicted molar refractivity (Wildman–Crippen MR) is 101 cm³/mol. The van der Waals surface area contributed by atoms with Crippen LogP contribution in [0.25, 0.3) is 0 Å². The van der Waals surface area contributed by atoms with Gasteiger partial charge in [-0.3, -0.25) is 9.69 Å². The SMILES string of the molecule is CCN(C(=O)CCN(Cc1ccccc1)C(C)C)c1ccccc1. The zero-order valence-corrected chi connectivity index (χ0v) is 15.0. The lowest BCUT2D eigenvalue weighted by Gasteiger charge is -2.28. The molecular weight excluding hydrogens is 296 g/mol. The standard InChI is InChI=1S/C21H28N2O/c1-4-23(20-13-9-6-10-14-20)21(24)15-16-22(18(2)3)17-19-11-7-5-8-12-19/h5-14,18H,4,15-17H2,1-3H3. The minimum absolute atomic E-state index is 0.183. The van der Waals surface area contributed by atoms with E-state index < -0.39 is 0 Å². The Bertz CT molecular complexity index is 610. The van der Waals surface area contributed by atoms with Crippen molar-refractivity contribution in [2.24, 2.45) is 0 Å². The number of anilines is 1. The van der Waals surface area contributed by atoms with Crippen LogP contribution < -0.4 is 4.90 Å². The zero-order chi connectivity index (χ0) is 17.4. The van der Waals surface area contributed by atoms with Crippen molar-refractivity contribution in [1.82, 2.24) is 4.90 Å². The number of hydrogen-bond donors (Lipinski definition) is 0. The molecule has 0 spiro atoms. The van der Waals surface area contributed by atoms with E-state index in [9.17, 15) is 4.79 Å². The van der Waals surface area contributed by atoms with Gasteiger partial charge in [0.05, 0.1) is 0 Å². The number of carbonyl (C=O) groups is 1. The van der Waals surface area contributed by atoms with Crippen LogP contribution in [-0.4, -0.2) is 29.9 Å². The van der Waals surface area contributed by atoms with Crippen LogP contribution >= 0.6 is 0 Å². The number of hydrogen-bond acceptors (Lipinski definition) is 2. The highest BCUT2D eigenvalue weighted by atomic mass is 16.2. The van der Waals surface area contributed by atoms with Crippen LogP contribution in [0.3, 0.4) is 0 Å². The highest BCUT2D eigenvalue weighted by Crippen LogP contribution is 2.15. The molecule has 0 N–H and O–H groups in total. The summed E-state index contributed by atoms with van der Waals surface area (Å²) in [6.07, 6.45) is 0.535. The first-order valence-corrected chi connectivity index (χ1v) is 8.75. The van der Waals surface area contributed by atoms with Gasteiger partial charge >= 0.3 is 0 Å². The van der Waals surface area contributed by atoms with Crippen molar-refractivity contribution < 1.29 is 4.79 Å². The molecule has 2 aromatic rings. The average Bonchev–Trinajstić information content (AvgIpc) is 2.61. The Morgan fingerprint density at radius 1 is 0.958 bits per heavy atom. The minimum Gasteiger partial charge on any atom is -0.313 e. The topological polar surface area (TPSA) is 23.6 Å². The molecular formula is C21H28N2O. The van der Waals surface area contributed by atoms with Crippen LogP contribution in [-0.2, 0) is 11.3 Å². The highest BCUT2D eigenvalue weighted by molar-refractivity contribution is 5.93. The summed E-state index contributed by atoms with van der Waals surface area (Å²) in [6, 6.07) is 20.7. The summed E-state index contributed by atoms with van der Waals surface area (Å²) in [4.78, 5) is 16.9. The van der Waals surface area contributed by atoms with Gasteiger partial charge in [0.25, 0.3) is 0 Å². The number of amides is 1. The van der Waals surface area contributed by atoms with Crippen LogP contribution in [0.2, 0.25) is 0 Å². The van der Waals surface area contributed by atoms with Crippen LogP contribution in [0.15, 0.2) is 60.7 Å². The van der Waals surface area contributed by atoms with Crippen molar-refractivity contribution in [2.45, 2.75) is 39.8 Å². The molecule has 3 heteroatoms. The molecule has 0 radical (unpaired) electrons. The molecule has 0 aromatic heterocycles. The molecule has 0 fully saturated rings. The van der Waals surface area contributed by atoms with Gasteiger partial charge in [0.2, 0.25) is 5.91 Å². The number of carbonyl (C=O) groups excluding carboxylic acids is 1. The van der Waals surface area contributed by atoms with Crippen molar-refractivity contribution in [3.05, 3.63) is 66.2 Å².